The summed E-state index contributed by atoms with van der Waals surface area (Å²) in [5.41, 5.74) is 6.25. The molecule has 0 heterocycles. The SMILES string of the molecule is Cl.NCC1CCCC1NS(=O)(=O)Cc1cc(Cl)cc(Cl)c1. The van der Waals surface area contributed by atoms with Crippen molar-refractivity contribution in [3.8, 4) is 0 Å². The van der Waals surface area contributed by atoms with Crippen LogP contribution in [0.25, 0.3) is 0 Å². The topological polar surface area (TPSA) is 72.2 Å². The molecule has 1 aromatic carbocycles. The molecule has 2 rings (SSSR count). The molecular weight excluding hydrogens is 355 g/mol. The van der Waals surface area contributed by atoms with Crippen LogP contribution in [0.15, 0.2) is 18.2 Å². The average molecular weight is 374 g/mol. The van der Waals surface area contributed by atoms with Gasteiger partial charge in [0.25, 0.3) is 0 Å². The van der Waals surface area contributed by atoms with Crippen LogP contribution in [0.5, 0.6) is 0 Å². The van der Waals surface area contributed by atoms with Gasteiger partial charge in [-0.15, -0.1) is 12.4 Å². The number of rotatable bonds is 5. The van der Waals surface area contributed by atoms with Crippen molar-refractivity contribution in [3.63, 3.8) is 0 Å². The summed E-state index contributed by atoms with van der Waals surface area (Å²) < 4.78 is 27.2. The van der Waals surface area contributed by atoms with Gasteiger partial charge in [-0.25, -0.2) is 13.1 Å². The molecule has 120 valence electrons. The van der Waals surface area contributed by atoms with E-state index >= 15 is 0 Å². The Morgan fingerprint density at radius 3 is 2.38 bits per heavy atom. The van der Waals surface area contributed by atoms with Crippen molar-refractivity contribution >= 4 is 45.6 Å². The molecule has 3 N–H and O–H groups in total. The summed E-state index contributed by atoms with van der Waals surface area (Å²) in [6, 6.07) is 4.75. The second-order valence-corrected chi connectivity index (χ2v) is 7.81. The molecule has 0 saturated heterocycles. The third kappa shape index (κ3) is 5.58. The molecule has 0 aromatic heterocycles. The van der Waals surface area contributed by atoms with Gasteiger partial charge in [0.2, 0.25) is 10.0 Å². The Balaban J connectivity index is 0.00000220. The van der Waals surface area contributed by atoms with E-state index in [2.05, 4.69) is 4.72 Å². The van der Waals surface area contributed by atoms with Crippen LogP contribution >= 0.6 is 35.6 Å². The molecule has 1 aromatic rings. The molecular formula is C13H19Cl3N2O2S. The van der Waals surface area contributed by atoms with Crippen LogP contribution in [0.4, 0.5) is 0 Å². The first-order valence-corrected chi connectivity index (χ1v) is 8.95. The fraction of sp³-hybridized carbons (Fsp3) is 0.538. The number of nitrogens with one attached hydrogen (secondary N) is 1. The van der Waals surface area contributed by atoms with E-state index in [-0.39, 0.29) is 30.1 Å². The molecule has 2 atom stereocenters. The lowest BCUT2D eigenvalue weighted by molar-refractivity contribution is 0.452. The molecule has 1 fully saturated rings. The zero-order valence-electron chi connectivity index (χ0n) is 11.4. The van der Waals surface area contributed by atoms with Gasteiger partial charge >= 0.3 is 0 Å². The van der Waals surface area contributed by atoms with E-state index in [0.717, 1.165) is 19.3 Å². The van der Waals surface area contributed by atoms with Crippen LogP contribution in [0.3, 0.4) is 0 Å². The van der Waals surface area contributed by atoms with E-state index in [0.29, 0.717) is 22.2 Å². The first-order valence-electron chi connectivity index (χ1n) is 6.54. The third-order valence-electron chi connectivity index (χ3n) is 3.57. The van der Waals surface area contributed by atoms with E-state index in [1.165, 1.54) is 0 Å². The Kier molecular flexibility index (Phi) is 7.24. The maximum absolute atomic E-state index is 12.2. The molecule has 1 aliphatic rings. The summed E-state index contributed by atoms with van der Waals surface area (Å²) in [6.07, 6.45) is 2.84. The molecule has 8 heteroatoms. The Labute approximate surface area is 141 Å². The average Bonchev–Trinajstić information content (AvgIpc) is 2.72. The van der Waals surface area contributed by atoms with Crippen LogP contribution in [-0.4, -0.2) is 21.0 Å². The highest BCUT2D eigenvalue weighted by molar-refractivity contribution is 7.88. The Hall–Kier alpha value is -0.0400. The fourth-order valence-corrected chi connectivity index (χ4v) is 4.69. The summed E-state index contributed by atoms with van der Waals surface area (Å²) in [5.74, 6) is 0.105. The van der Waals surface area contributed by atoms with Crippen molar-refractivity contribution in [2.45, 2.75) is 31.1 Å². The van der Waals surface area contributed by atoms with Crippen molar-refractivity contribution in [2.75, 3.05) is 6.54 Å². The van der Waals surface area contributed by atoms with Crippen molar-refractivity contribution in [3.05, 3.63) is 33.8 Å². The van der Waals surface area contributed by atoms with E-state index in [1.807, 2.05) is 0 Å². The first kappa shape index (κ1) is 19.0. The molecule has 2 unspecified atom stereocenters. The predicted molar refractivity (Wildman–Crippen MR) is 89.7 cm³/mol. The highest BCUT2D eigenvalue weighted by Crippen LogP contribution is 2.26. The fourth-order valence-electron chi connectivity index (χ4n) is 2.66. The molecule has 4 nitrogen and oxygen atoms in total. The van der Waals surface area contributed by atoms with Crippen LogP contribution in [0.2, 0.25) is 10.0 Å². The van der Waals surface area contributed by atoms with E-state index in [4.69, 9.17) is 28.9 Å². The lowest BCUT2D eigenvalue weighted by Crippen LogP contribution is -2.40. The number of halogens is 3. The molecule has 0 radical (unpaired) electrons. The van der Waals surface area contributed by atoms with Crippen molar-refractivity contribution in [1.29, 1.82) is 0 Å². The number of sulfonamides is 1. The van der Waals surface area contributed by atoms with Gasteiger partial charge in [-0.3, -0.25) is 0 Å². The molecule has 0 aliphatic heterocycles. The van der Waals surface area contributed by atoms with Crippen molar-refractivity contribution in [2.24, 2.45) is 11.7 Å². The largest absolute Gasteiger partial charge is 0.330 e. The highest BCUT2D eigenvalue weighted by Gasteiger charge is 2.29. The van der Waals surface area contributed by atoms with Gasteiger partial charge in [-0.1, -0.05) is 29.6 Å². The Bertz CT molecular complexity index is 561. The van der Waals surface area contributed by atoms with Crippen molar-refractivity contribution < 1.29 is 8.42 Å². The summed E-state index contributed by atoms with van der Waals surface area (Å²) in [4.78, 5) is 0. The van der Waals surface area contributed by atoms with Crippen LogP contribution in [0.1, 0.15) is 24.8 Å². The summed E-state index contributed by atoms with van der Waals surface area (Å²) in [6.45, 7) is 0.510. The van der Waals surface area contributed by atoms with Gasteiger partial charge in [0, 0.05) is 16.1 Å². The lowest BCUT2D eigenvalue weighted by atomic mass is 10.1. The summed E-state index contributed by atoms with van der Waals surface area (Å²) in [5, 5.41) is 0.867. The predicted octanol–water partition coefficient (Wildman–Crippen LogP) is 2.96. The Morgan fingerprint density at radius 1 is 1.19 bits per heavy atom. The second kappa shape index (κ2) is 7.99. The van der Waals surface area contributed by atoms with Gasteiger partial charge in [-0.2, -0.15) is 0 Å². The van der Waals surface area contributed by atoms with Crippen molar-refractivity contribution in [1.82, 2.24) is 4.72 Å². The van der Waals surface area contributed by atoms with E-state index in [9.17, 15) is 8.42 Å². The first-order chi connectivity index (χ1) is 9.39. The van der Waals surface area contributed by atoms with Crippen LogP contribution in [0, 0.1) is 5.92 Å². The molecule has 0 bridgehead atoms. The minimum atomic E-state index is -3.42. The van der Waals surface area contributed by atoms with E-state index < -0.39 is 10.0 Å². The van der Waals surface area contributed by atoms with Gasteiger partial charge in [0.05, 0.1) is 5.75 Å². The lowest BCUT2D eigenvalue weighted by Gasteiger charge is -2.19. The molecule has 1 aliphatic carbocycles. The normalized spacial score (nSPS) is 22.0. The maximum Gasteiger partial charge on any atom is 0.216 e. The number of benzene rings is 1. The Morgan fingerprint density at radius 2 is 1.81 bits per heavy atom. The molecule has 0 spiro atoms. The van der Waals surface area contributed by atoms with Gasteiger partial charge < -0.3 is 5.73 Å². The second-order valence-electron chi connectivity index (χ2n) is 5.19. The standard InChI is InChI=1S/C13H18Cl2N2O2S.ClH/c14-11-4-9(5-12(15)6-11)8-20(18,19)17-13-3-1-2-10(13)7-16;/h4-6,10,13,17H,1-3,7-8,16H2;1H. The van der Waals surface area contributed by atoms with Gasteiger partial charge in [-0.05, 0) is 49.1 Å². The van der Waals surface area contributed by atoms with Gasteiger partial charge in [0.1, 0.15) is 0 Å². The van der Waals surface area contributed by atoms with Crippen LogP contribution in [-0.2, 0) is 15.8 Å². The number of hydrogen-bond acceptors (Lipinski definition) is 3. The minimum Gasteiger partial charge on any atom is -0.330 e. The zero-order chi connectivity index (χ0) is 14.8. The number of hydrogen-bond donors (Lipinski definition) is 2. The monoisotopic (exact) mass is 372 g/mol. The number of nitrogens with two attached hydrogens (primary N) is 1. The highest BCUT2D eigenvalue weighted by atomic mass is 35.5. The summed E-state index contributed by atoms with van der Waals surface area (Å²) >= 11 is 11.8. The van der Waals surface area contributed by atoms with Gasteiger partial charge in [0.15, 0.2) is 0 Å². The maximum atomic E-state index is 12.2. The molecule has 0 amide bonds. The van der Waals surface area contributed by atoms with E-state index in [1.54, 1.807) is 18.2 Å². The van der Waals surface area contributed by atoms with Crippen LogP contribution < -0.4 is 10.5 Å². The smallest absolute Gasteiger partial charge is 0.216 e. The molecule has 1 saturated carbocycles. The molecule has 21 heavy (non-hydrogen) atoms. The quantitative estimate of drug-likeness (QED) is 0.833. The minimum absolute atomic E-state index is 0. The third-order valence-corrected chi connectivity index (χ3v) is 5.38. The zero-order valence-corrected chi connectivity index (χ0v) is 14.5. The summed E-state index contributed by atoms with van der Waals surface area (Å²) in [7, 11) is -3.42.